The summed E-state index contributed by atoms with van der Waals surface area (Å²) in [5.41, 5.74) is 3.77. The third-order valence-electron chi connectivity index (χ3n) is 3.72. The van der Waals surface area contributed by atoms with Gasteiger partial charge in [0, 0.05) is 16.1 Å². The van der Waals surface area contributed by atoms with Crippen molar-refractivity contribution >= 4 is 45.2 Å². The Bertz CT molecular complexity index is 922. The minimum atomic E-state index is -0.559. The molecule has 0 bridgehead atoms. The molecule has 2 aromatic rings. The Kier molecular flexibility index (Phi) is 4.37. The van der Waals surface area contributed by atoms with Crippen LogP contribution in [0.1, 0.15) is 11.1 Å². The summed E-state index contributed by atoms with van der Waals surface area (Å²) in [5.74, 6) is -1.08. The molecule has 0 spiro atoms. The number of benzene rings is 2. The third kappa shape index (κ3) is 3.29. The number of rotatable bonds is 3. The fraction of sp³-hybridized carbons (Fsp3) is 0.0588. The number of anilines is 1. The van der Waals surface area contributed by atoms with E-state index in [1.54, 1.807) is 43.3 Å². The maximum absolute atomic E-state index is 12.5. The average molecular weight is 402 g/mol. The quantitative estimate of drug-likeness (QED) is 0.370. The SMILES string of the molecule is Cc1ccc(/C=C2/C(=O)NN(c3ccc(Br)cc3)C2=O)cc1[N+](=O)[O-]. The normalized spacial score (nSPS) is 15.6. The summed E-state index contributed by atoms with van der Waals surface area (Å²) < 4.78 is 0.844. The summed E-state index contributed by atoms with van der Waals surface area (Å²) in [5, 5.41) is 12.2. The first-order valence-corrected chi connectivity index (χ1v) is 8.04. The number of aryl methyl sites for hydroxylation is 1. The Morgan fingerprint density at radius 1 is 1.16 bits per heavy atom. The van der Waals surface area contributed by atoms with Crippen LogP contribution >= 0.6 is 15.9 Å². The van der Waals surface area contributed by atoms with Crippen molar-refractivity contribution < 1.29 is 14.5 Å². The van der Waals surface area contributed by atoms with Crippen LogP contribution in [0.2, 0.25) is 0 Å². The lowest BCUT2D eigenvalue weighted by Crippen LogP contribution is -2.35. The van der Waals surface area contributed by atoms with Gasteiger partial charge in [-0.15, -0.1) is 0 Å². The van der Waals surface area contributed by atoms with E-state index < -0.39 is 16.7 Å². The van der Waals surface area contributed by atoms with E-state index in [0.29, 0.717) is 16.8 Å². The van der Waals surface area contributed by atoms with E-state index >= 15 is 0 Å². The van der Waals surface area contributed by atoms with E-state index in [0.717, 1.165) is 9.48 Å². The fourth-order valence-corrected chi connectivity index (χ4v) is 2.67. The molecule has 1 heterocycles. The lowest BCUT2D eigenvalue weighted by atomic mass is 10.1. The van der Waals surface area contributed by atoms with Gasteiger partial charge in [-0.05, 0) is 42.8 Å². The molecule has 3 rings (SSSR count). The van der Waals surface area contributed by atoms with Gasteiger partial charge in [-0.3, -0.25) is 25.1 Å². The van der Waals surface area contributed by atoms with Crippen LogP contribution in [0.25, 0.3) is 6.08 Å². The van der Waals surface area contributed by atoms with Gasteiger partial charge in [0.15, 0.2) is 0 Å². The van der Waals surface area contributed by atoms with Crippen LogP contribution < -0.4 is 10.4 Å². The van der Waals surface area contributed by atoms with Gasteiger partial charge in [-0.2, -0.15) is 0 Å². The van der Waals surface area contributed by atoms with Gasteiger partial charge in [0.1, 0.15) is 5.57 Å². The van der Waals surface area contributed by atoms with E-state index in [2.05, 4.69) is 21.4 Å². The number of carbonyl (C=O) groups excluding carboxylic acids is 2. The highest BCUT2D eigenvalue weighted by Crippen LogP contribution is 2.25. The number of nitro benzene ring substituents is 1. The zero-order valence-corrected chi connectivity index (χ0v) is 14.6. The van der Waals surface area contributed by atoms with E-state index in [-0.39, 0.29) is 11.3 Å². The number of hydrogen-bond donors (Lipinski definition) is 1. The molecule has 1 aliphatic rings. The Hall–Kier alpha value is -3.00. The van der Waals surface area contributed by atoms with E-state index in [1.165, 1.54) is 12.1 Å². The highest BCUT2D eigenvalue weighted by Gasteiger charge is 2.34. The van der Waals surface area contributed by atoms with Crippen molar-refractivity contribution in [2.45, 2.75) is 6.92 Å². The first kappa shape index (κ1) is 16.8. The maximum Gasteiger partial charge on any atom is 0.282 e. The Morgan fingerprint density at radius 3 is 2.48 bits per heavy atom. The van der Waals surface area contributed by atoms with Gasteiger partial charge in [0.05, 0.1) is 10.6 Å². The molecule has 0 unspecified atom stereocenters. The van der Waals surface area contributed by atoms with Gasteiger partial charge in [-0.25, -0.2) is 5.01 Å². The average Bonchev–Trinajstić information content (AvgIpc) is 2.85. The number of nitrogens with zero attached hydrogens (tertiary/aromatic N) is 2. The Labute approximate surface area is 151 Å². The van der Waals surface area contributed by atoms with Crippen LogP contribution in [0.4, 0.5) is 11.4 Å². The third-order valence-corrected chi connectivity index (χ3v) is 4.25. The molecule has 1 aliphatic heterocycles. The molecule has 0 aromatic heterocycles. The lowest BCUT2D eigenvalue weighted by Gasteiger charge is -2.14. The number of nitrogens with one attached hydrogen (secondary N) is 1. The molecule has 1 fully saturated rings. The standard InChI is InChI=1S/C17H12BrN3O4/c1-10-2-3-11(9-15(10)21(24)25)8-14-16(22)19-20(17(14)23)13-6-4-12(18)5-7-13/h2-9H,1H3,(H,19,22)/b14-8-. The molecule has 0 aliphatic carbocycles. The first-order valence-electron chi connectivity index (χ1n) is 7.24. The molecule has 1 N–H and O–H groups in total. The van der Waals surface area contributed by atoms with Gasteiger partial charge in [0.25, 0.3) is 17.5 Å². The highest BCUT2D eigenvalue weighted by atomic mass is 79.9. The van der Waals surface area contributed by atoms with Gasteiger partial charge < -0.3 is 0 Å². The molecule has 25 heavy (non-hydrogen) atoms. The van der Waals surface area contributed by atoms with Crippen LogP contribution in [0.3, 0.4) is 0 Å². The summed E-state index contributed by atoms with van der Waals surface area (Å²) in [6.45, 7) is 1.62. The second-order valence-corrected chi connectivity index (χ2v) is 6.33. The zero-order valence-electron chi connectivity index (χ0n) is 13.0. The predicted molar refractivity (Wildman–Crippen MR) is 95.6 cm³/mol. The monoisotopic (exact) mass is 401 g/mol. The molecular weight excluding hydrogens is 390 g/mol. The second-order valence-electron chi connectivity index (χ2n) is 5.42. The minimum absolute atomic E-state index is 0.0648. The molecule has 8 heteroatoms. The number of nitro groups is 1. The van der Waals surface area contributed by atoms with Crippen molar-refractivity contribution in [1.82, 2.24) is 5.43 Å². The molecule has 2 amide bonds. The fourth-order valence-electron chi connectivity index (χ4n) is 2.41. The molecular formula is C17H12BrN3O4. The van der Waals surface area contributed by atoms with Gasteiger partial charge in [0.2, 0.25) is 0 Å². The lowest BCUT2D eigenvalue weighted by molar-refractivity contribution is -0.385. The molecule has 0 atom stereocenters. The number of halogens is 1. The molecule has 1 saturated heterocycles. The van der Waals surface area contributed by atoms with Crippen molar-refractivity contribution in [1.29, 1.82) is 0 Å². The van der Waals surface area contributed by atoms with E-state index in [9.17, 15) is 19.7 Å². The molecule has 7 nitrogen and oxygen atoms in total. The van der Waals surface area contributed by atoms with Gasteiger partial charge in [-0.1, -0.05) is 28.1 Å². The summed E-state index contributed by atoms with van der Waals surface area (Å²) in [6.07, 6.45) is 1.35. The Balaban J connectivity index is 1.95. The van der Waals surface area contributed by atoms with E-state index in [4.69, 9.17) is 0 Å². The topological polar surface area (TPSA) is 92.6 Å². The van der Waals surface area contributed by atoms with Crippen LogP contribution in [-0.4, -0.2) is 16.7 Å². The van der Waals surface area contributed by atoms with Crippen LogP contribution in [-0.2, 0) is 9.59 Å². The predicted octanol–water partition coefficient (Wildman–Crippen LogP) is 3.13. The summed E-state index contributed by atoms with van der Waals surface area (Å²) in [6, 6.07) is 11.4. The first-order chi connectivity index (χ1) is 11.9. The van der Waals surface area contributed by atoms with Crippen molar-refractivity contribution in [2.75, 3.05) is 5.01 Å². The number of hydrazine groups is 1. The van der Waals surface area contributed by atoms with Crippen molar-refractivity contribution in [2.24, 2.45) is 0 Å². The number of amides is 2. The summed E-state index contributed by atoms with van der Waals surface area (Å²) in [7, 11) is 0. The van der Waals surface area contributed by atoms with E-state index in [1.807, 2.05) is 0 Å². The molecule has 126 valence electrons. The smallest absolute Gasteiger partial charge is 0.267 e. The number of carbonyl (C=O) groups is 2. The molecule has 2 aromatic carbocycles. The summed E-state index contributed by atoms with van der Waals surface area (Å²) >= 11 is 3.30. The largest absolute Gasteiger partial charge is 0.282 e. The van der Waals surface area contributed by atoms with Crippen LogP contribution in [0, 0.1) is 17.0 Å². The minimum Gasteiger partial charge on any atom is -0.267 e. The van der Waals surface area contributed by atoms with Crippen molar-refractivity contribution in [3.05, 3.63) is 73.8 Å². The maximum atomic E-state index is 12.5. The Morgan fingerprint density at radius 2 is 1.84 bits per heavy atom. The van der Waals surface area contributed by atoms with Crippen molar-refractivity contribution in [3.63, 3.8) is 0 Å². The molecule has 0 radical (unpaired) electrons. The highest BCUT2D eigenvalue weighted by molar-refractivity contribution is 9.10. The number of hydrogen-bond acceptors (Lipinski definition) is 4. The second kappa shape index (κ2) is 6.48. The van der Waals surface area contributed by atoms with Gasteiger partial charge >= 0.3 is 0 Å². The van der Waals surface area contributed by atoms with Crippen LogP contribution in [0.15, 0.2) is 52.5 Å². The zero-order chi connectivity index (χ0) is 18.1. The van der Waals surface area contributed by atoms with Crippen molar-refractivity contribution in [3.8, 4) is 0 Å². The molecule has 0 saturated carbocycles. The van der Waals surface area contributed by atoms with Crippen LogP contribution in [0.5, 0.6) is 0 Å². The summed E-state index contributed by atoms with van der Waals surface area (Å²) in [4.78, 5) is 35.2.